The van der Waals surface area contributed by atoms with Crippen LogP contribution in [-0.4, -0.2) is 55.4 Å². The van der Waals surface area contributed by atoms with Gasteiger partial charge in [0.1, 0.15) is 0 Å². The molecule has 0 bridgehead atoms. The molecule has 0 aromatic carbocycles. The average molecular weight is 377 g/mol. The summed E-state index contributed by atoms with van der Waals surface area (Å²) in [6.07, 6.45) is 5.58. The lowest BCUT2D eigenvalue weighted by atomic mass is 9.61. The molecule has 1 unspecified atom stereocenters. The van der Waals surface area contributed by atoms with Crippen molar-refractivity contribution in [3.05, 3.63) is 0 Å². The zero-order valence-electron chi connectivity index (χ0n) is 17.8. The molecule has 0 N–H and O–H groups in total. The van der Waals surface area contributed by atoms with Crippen LogP contribution in [0.3, 0.4) is 0 Å². The molecule has 2 heterocycles. The summed E-state index contributed by atoms with van der Waals surface area (Å²) in [6, 6.07) is 0. The second-order valence-electron chi connectivity index (χ2n) is 10.1. The molecule has 152 valence electrons. The molecule has 4 fully saturated rings. The molecule has 1 amide bonds. The topological polar surface area (TPSA) is 48.0 Å². The van der Waals surface area contributed by atoms with Crippen molar-refractivity contribution in [3.8, 4) is 0 Å². The van der Waals surface area contributed by atoms with Crippen molar-refractivity contribution in [2.45, 2.75) is 83.7 Å². The van der Waals surface area contributed by atoms with Crippen LogP contribution in [-0.2, 0) is 18.8 Å². The third-order valence-corrected chi connectivity index (χ3v) is 8.07. The molecule has 0 aromatic rings. The van der Waals surface area contributed by atoms with Crippen LogP contribution in [0.25, 0.3) is 0 Å². The summed E-state index contributed by atoms with van der Waals surface area (Å²) in [5.41, 5.74) is -0.761. The van der Waals surface area contributed by atoms with Gasteiger partial charge in [0, 0.05) is 13.1 Å². The van der Waals surface area contributed by atoms with Crippen LogP contribution in [0.15, 0.2) is 0 Å². The normalized spacial score (nSPS) is 39.5. The van der Waals surface area contributed by atoms with Gasteiger partial charge < -0.3 is 18.9 Å². The molecular weight excluding hydrogens is 341 g/mol. The smallest absolute Gasteiger partial charge is 0.403 e. The van der Waals surface area contributed by atoms with Crippen LogP contribution in [0.1, 0.15) is 66.7 Å². The number of carbonyl (C=O) groups is 1. The van der Waals surface area contributed by atoms with Gasteiger partial charge in [-0.25, -0.2) is 0 Å². The number of ether oxygens (including phenoxy) is 1. The van der Waals surface area contributed by atoms with Crippen LogP contribution in [0.5, 0.6) is 0 Å². The second-order valence-corrected chi connectivity index (χ2v) is 10.1. The lowest BCUT2D eigenvalue weighted by molar-refractivity contribution is -0.143. The number of rotatable bonds is 5. The number of fused-ring (bicyclic) bond motifs is 1. The van der Waals surface area contributed by atoms with Gasteiger partial charge in [-0.3, -0.25) is 4.79 Å². The van der Waals surface area contributed by atoms with Crippen molar-refractivity contribution < 1.29 is 18.8 Å². The Kier molecular flexibility index (Phi) is 4.92. The van der Waals surface area contributed by atoms with E-state index in [0.717, 1.165) is 32.4 Å². The highest BCUT2D eigenvalue weighted by Crippen LogP contribution is 2.73. The number of hydrogen-bond acceptors (Lipinski definition) is 4. The minimum Gasteiger partial charge on any atom is -0.403 e. The van der Waals surface area contributed by atoms with E-state index in [1.807, 2.05) is 0 Å². The third-order valence-electron chi connectivity index (χ3n) is 8.07. The SMILES string of the molecule is CCCC[C@@H]1C(B2OC(C)(C)C(C)(C)O2)C[C@H]2C[C@]21C(=O)N1CCOCC1. The first-order valence-electron chi connectivity index (χ1n) is 11.0. The number of morpholine rings is 1. The molecule has 4 atom stereocenters. The Morgan fingerprint density at radius 3 is 2.33 bits per heavy atom. The molecule has 0 spiro atoms. The van der Waals surface area contributed by atoms with Crippen molar-refractivity contribution >= 4 is 13.0 Å². The van der Waals surface area contributed by atoms with E-state index in [0.29, 0.717) is 36.8 Å². The predicted octanol–water partition coefficient (Wildman–Crippen LogP) is 3.52. The standard InChI is InChI=1S/C21H36BNO4/c1-6-7-8-16-17(22-26-19(2,3)20(4,5)27-22)13-15-14-21(15,16)18(24)23-9-11-25-12-10-23/h15-17H,6-14H2,1-5H3/t15-,16+,17?,21-/m0/s1. The van der Waals surface area contributed by atoms with Gasteiger partial charge in [-0.05, 0) is 64.6 Å². The van der Waals surface area contributed by atoms with Gasteiger partial charge in [0.15, 0.2) is 0 Å². The quantitative estimate of drug-likeness (QED) is 0.688. The van der Waals surface area contributed by atoms with E-state index >= 15 is 0 Å². The van der Waals surface area contributed by atoms with Gasteiger partial charge in [-0.2, -0.15) is 0 Å². The Hall–Kier alpha value is -0.585. The van der Waals surface area contributed by atoms with Crippen LogP contribution in [0.2, 0.25) is 5.82 Å². The molecule has 2 aliphatic heterocycles. The Bertz CT molecular complexity index is 573. The fourth-order valence-electron chi connectivity index (χ4n) is 5.71. The van der Waals surface area contributed by atoms with Gasteiger partial charge in [0.05, 0.1) is 29.8 Å². The van der Waals surface area contributed by atoms with Gasteiger partial charge in [-0.1, -0.05) is 19.8 Å². The molecule has 0 aromatic heterocycles. The van der Waals surface area contributed by atoms with E-state index in [9.17, 15) is 4.79 Å². The molecule has 2 aliphatic carbocycles. The lowest BCUT2D eigenvalue weighted by Crippen LogP contribution is -2.47. The summed E-state index contributed by atoms with van der Waals surface area (Å²) < 4.78 is 18.3. The summed E-state index contributed by atoms with van der Waals surface area (Å²) in [4.78, 5) is 15.6. The highest BCUT2D eigenvalue weighted by molar-refractivity contribution is 6.47. The maximum Gasteiger partial charge on any atom is 0.461 e. The maximum atomic E-state index is 13.5. The third kappa shape index (κ3) is 3.07. The van der Waals surface area contributed by atoms with E-state index in [1.165, 1.54) is 12.8 Å². The van der Waals surface area contributed by atoms with Crippen molar-refractivity contribution in [1.29, 1.82) is 0 Å². The first-order chi connectivity index (χ1) is 12.7. The van der Waals surface area contributed by atoms with Gasteiger partial charge in [0.2, 0.25) is 5.91 Å². The first kappa shape index (κ1) is 19.7. The minimum absolute atomic E-state index is 0.152. The number of unbranched alkanes of at least 4 members (excludes halogenated alkanes) is 1. The number of hydrogen-bond donors (Lipinski definition) is 0. The van der Waals surface area contributed by atoms with E-state index in [4.69, 9.17) is 14.0 Å². The molecule has 27 heavy (non-hydrogen) atoms. The molecule has 4 rings (SSSR count). The summed E-state index contributed by atoms with van der Waals surface area (Å²) >= 11 is 0. The fraction of sp³-hybridized carbons (Fsp3) is 0.952. The van der Waals surface area contributed by atoms with Crippen LogP contribution in [0, 0.1) is 17.3 Å². The predicted molar refractivity (Wildman–Crippen MR) is 105 cm³/mol. The zero-order chi connectivity index (χ0) is 19.4. The molecule has 6 heteroatoms. The number of carbonyl (C=O) groups excluding carboxylic acids is 1. The maximum absolute atomic E-state index is 13.5. The largest absolute Gasteiger partial charge is 0.461 e. The molecule has 2 saturated heterocycles. The summed E-state index contributed by atoms with van der Waals surface area (Å²) in [5.74, 6) is 1.61. The van der Waals surface area contributed by atoms with Crippen molar-refractivity contribution in [2.24, 2.45) is 17.3 Å². The Labute approximate surface area is 164 Å². The van der Waals surface area contributed by atoms with Crippen LogP contribution < -0.4 is 0 Å². The fourth-order valence-corrected chi connectivity index (χ4v) is 5.71. The monoisotopic (exact) mass is 377 g/mol. The number of nitrogens with zero attached hydrogens (tertiary/aromatic N) is 1. The van der Waals surface area contributed by atoms with Gasteiger partial charge in [-0.15, -0.1) is 0 Å². The molecular formula is C21H36BNO4. The number of amides is 1. The molecule has 0 radical (unpaired) electrons. The highest BCUT2D eigenvalue weighted by atomic mass is 16.7. The van der Waals surface area contributed by atoms with Crippen LogP contribution >= 0.6 is 0 Å². The average Bonchev–Trinajstić information content (AvgIpc) is 3.19. The summed E-state index contributed by atoms with van der Waals surface area (Å²) in [5, 5.41) is 0. The lowest BCUT2D eigenvalue weighted by Gasteiger charge is -2.35. The van der Waals surface area contributed by atoms with E-state index < -0.39 is 0 Å². The molecule has 2 saturated carbocycles. The van der Waals surface area contributed by atoms with Crippen molar-refractivity contribution in [3.63, 3.8) is 0 Å². The highest BCUT2D eigenvalue weighted by Gasteiger charge is 2.73. The zero-order valence-corrected chi connectivity index (χ0v) is 17.8. The van der Waals surface area contributed by atoms with Gasteiger partial charge in [0.25, 0.3) is 0 Å². The second kappa shape index (κ2) is 6.74. The minimum atomic E-state index is -0.304. The van der Waals surface area contributed by atoms with Crippen molar-refractivity contribution in [2.75, 3.05) is 26.3 Å². The van der Waals surface area contributed by atoms with Crippen LogP contribution in [0.4, 0.5) is 0 Å². The van der Waals surface area contributed by atoms with E-state index in [2.05, 4.69) is 39.5 Å². The van der Waals surface area contributed by atoms with Crippen molar-refractivity contribution in [1.82, 2.24) is 4.90 Å². The summed E-state index contributed by atoms with van der Waals surface area (Å²) in [7, 11) is -0.181. The Balaban J connectivity index is 1.55. The Morgan fingerprint density at radius 2 is 1.74 bits per heavy atom. The summed E-state index contributed by atoms with van der Waals surface area (Å²) in [6.45, 7) is 13.6. The molecule has 4 aliphatic rings. The first-order valence-corrected chi connectivity index (χ1v) is 11.0. The van der Waals surface area contributed by atoms with E-state index in [-0.39, 0.29) is 23.7 Å². The van der Waals surface area contributed by atoms with E-state index in [1.54, 1.807) is 0 Å². The van der Waals surface area contributed by atoms with Gasteiger partial charge >= 0.3 is 7.12 Å². The molecule has 5 nitrogen and oxygen atoms in total. The Morgan fingerprint density at radius 1 is 1.11 bits per heavy atom.